The van der Waals surface area contributed by atoms with Crippen molar-refractivity contribution in [2.24, 2.45) is 11.8 Å². The maximum absolute atomic E-state index is 12.5. The number of nitrogens with zero attached hydrogens (tertiary/aromatic N) is 4. The molecule has 1 atom stereocenters. The zero-order chi connectivity index (χ0) is 19.1. The summed E-state index contributed by atoms with van der Waals surface area (Å²) in [7, 11) is 0. The Hall–Kier alpha value is -2.77. The summed E-state index contributed by atoms with van der Waals surface area (Å²) in [6.07, 6.45) is 8.77. The number of hydrogen-bond donors (Lipinski definition) is 2. The molecule has 8 nitrogen and oxygen atoms in total. The number of carbonyl (C=O) groups is 2. The molecule has 27 heavy (non-hydrogen) atoms. The summed E-state index contributed by atoms with van der Waals surface area (Å²) >= 11 is 0. The average Bonchev–Trinajstić information content (AvgIpc) is 3.18. The molecule has 0 radical (unpaired) electrons. The lowest BCUT2D eigenvalue weighted by molar-refractivity contribution is -0.123. The maximum atomic E-state index is 12.5. The summed E-state index contributed by atoms with van der Waals surface area (Å²) in [5, 5.41) is 10.0. The third kappa shape index (κ3) is 5.60. The summed E-state index contributed by atoms with van der Waals surface area (Å²) in [5.41, 5.74) is 0.884. The van der Waals surface area contributed by atoms with Gasteiger partial charge in [0.1, 0.15) is 19.2 Å². The van der Waals surface area contributed by atoms with E-state index in [1.54, 1.807) is 13.1 Å². The zero-order valence-electron chi connectivity index (χ0n) is 15.5. The van der Waals surface area contributed by atoms with Crippen LogP contribution in [0, 0.1) is 11.8 Å². The van der Waals surface area contributed by atoms with Crippen molar-refractivity contribution in [3.63, 3.8) is 0 Å². The number of rotatable bonds is 7. The van der Waals surface area contributed by atoms with Gasteiger partial charge in [0.2, 0.25) is 11.8 Å². The molecule has 1 fully saturated rings. The fourth-order valence-corrected chi connectivity index (χ4v) is 3.69. The molecule has 2 aromatic heterocycles. The van der Waals surface area contributed by atoms with Crippen molar-refractivity contribution < 1.29 is 9.59 Å². The van der Waals surface area contributed by atoms with Gasteiger partial charge in [-0.15, -0.1) is 0 Å². The molecule has 2 amide bonds. The normalized spacial score (nSPS) is 20.6. The standard InChI is InChI=1S/C19H26N6O2/c1-14(26)22-10-15-5-7-16(8-6-15)19(17-4-2-3-9-21-17)24-18(27)11-25-13-20-12-23-25/h2-4,9,12-13,15-16,19H,5-8,10-11H2,1H3,(H,22,26)(H,24,27). The molecule has 0 bridgehead atoms. The molecule has 0 aliphatic heterocycles. The van der Waals surface area contributed by atoms with Gasteiger partial charge in [-0.1, -0.05) is 6.07 Å². The largest absolute Gasteiger partial charge is 0.356 e. The molecule has 0 spiro atoms. The Kier molecular flexibility index (Phi) is 6.51. The monoisotopic (exact) mass is 370 g/mol. The third-order valence-electron chi connectivity index (χ3n) is 5.10. The van der Waals surface area contributed by atoms with Gasteiger partial charge >= 0.3 is 0 Å². The van der Waals surface area contributed by atoms with E-state index in [9.17, 15) is 9.59 Å². The predicted molar refractivity (Wildman–Crippen MR) is 99.3 cm³/mol. The fraction of sp³-hybridized carbons (Fsp3) is 0.526. The van der Waals surface area contributed by atoms with E-state index in [0.29, 0.717) is 11.8 Å². The first-order chi connectivity index (χ1) is 13.1. The topological polar surface area (TPSA) is 102 Å². The lowest BCUT2D eigenvalue weighted by atomic mass is 9.77. The molecule has 2 aromatic rings. The Bertz CT molecular complexity index is 726. The number of nitrogens with one attached hydrogen (secondary N) is 2. The highest BCUT2D eigenvalue weighted by atomic mass is 16.2. The first-order valence-electron chi connectivity index (χ1n) is 9.39. The summed E-state index contributed by atoms with van der Waals surface area (Å²) in [5.74, 6) is 0.744. The number of hydrogen-bond acceptors (Lipinski definition) is 5. The molecule has 1 aliphatic carbocycles. The second-order valence-electron chi connectivity index (χ2n) is 7.11. The third-order valence-corrected chi connectivity index (χ3v) is 5.10. The molecule has 2 N–H and O–H groups in total. The number of aromatic nitrogens is 4. The van der Waals surface area contributed by atoms with Crippen molar-refractivity contribution in [3.05, 3.63) is 42.7 Å². The van der Waals surface area contributed by atoms with E-state index in [0.717, 1.165) is 37.9 Å². The first-order valence-corrected chi connectivity index (χ1v) is 9.39. The van der Waals surface area contributed by atoms with Gasteiger partial charge < -0.3 is 10.6 Å². The van der Waals surface area contributed by atoms with Gasteiger partial charge in [0.15, 0.2) is 0 Å². The molecule has 1 aliphatic rings. The second kappa shape index (κ2) is 9.25. The van der Waals surface area contributed by atoms with Gasteiger partial charge in [-0.05, 0) is 49.7 Å². The number of amides is 2. The van der Waals surface area contributed by atoms with Crippen molar-refractivity contribution in [2.45, 2.75) is 45.2 Å². The number of pyridine rings is 1. The van der Waals surface area contributed by atoms with Gasteiger partial charge in [-0.25, -0.2) is 9.67 Å². The fourth-order valence-electron chi connectivity index (χ4n) is 3.69. The van der Waals surface area contributed by atoms with Gasteiger partial charge in [0.05, 0.1) is 11.7 Å². The van der Waals surface area contributed by atoms with Crippen LogP contribution in [0.25, 0.3) is 0 Å². The highest BCUT2D eigenvalue weighted by Gasteiger charge is 2.30. The van der Waals surface area contributed by atoms with Crippen LogP contribution >= 0.6 is 0 Å². The molecule has 1 saturated carbocycles. The second-order valence-corrected chi connectivity index (χ2v) is 7.11. The Morgan fingerprint density at radius 3 is 2.70 bits per heavy atom. The van der Waals surface area contributed by atoms with Crippen molar-refractivity contribution in [1.82, 2.24) is 30.4 Å². The Balaban J connectivity index is 1.62. The minimum absolute atomic E-state index is 0.0175. The maximum Gasteiger partial charge on any atom is 0.242 e. The van der Waals surface area contributed by atoms with Crippen LogP contribution in [-0.2, 0) is 16.1 Å². The minimum atomic E-state index is -0.121. The van der Waals surface area contributed by atoms with E-state index in [4.69, 9.17) is 0 Å². The Labute approximate surface area is 158 Å². The van der Waals surface area contributed by atoms with Gasteiger partial charge in [0.25, 0.3) is 0 Å². The minimum Gasteiger partial charge on any atom is -0.356 e. The van der Waals surface area contributed by atoms with Crippen LogP contribution in [0.15, 0.2) is 37.1 Å². The molecule has 144 valence electrons. The van der Waals surface area contributed by atoms with Crippen molar-refractivity contribution in [3.8, 4) is 0 Å². The lowest BCUT2D eigenvalue weighted by Crippen LogP contribution is -2.38. The zero-order valence-corrected chi connectivity index (χ0v) is 15.5. The molecule has 0 saturated heterocycles. The van der Waals surface area contributed by atoms with Gasteiger partial charge in [-0.2, -0.15) is 5.10 Å². The van der Waals surface area contributed by atoms with Crippen LogP contribution in [0.3, 0.4) is 0 Å². The van der Waals surface area contributed by atoms with E-state index in [1.807, 2.05) is 18.2 Å². The van der Waals surface area contributed by atoms with E-state index in [2.05, 4.69) is 25.7 Å². The first kappa shape index (κ1) is 19.0. The molecule has 1 unspecified atom stereocenters. The quantitative estimate of drug-likeness (QED) is 0.768. The Morgan fingerprint density at radius 1 is 1.26 bits per heavy atom. The van der Waals surface area contributed by atoms with E-state index < -0.39 is 0 Å². The van der Waals surface area contributed by atoms with Crippen LogP contribution < -0.4 is 10.6 Å². The van der Waals surface area contributed by atoms with E-state index >= 15 is 0 Å². The smallest absolute Gasteiger partial charge is 0.242 e. The molecule has 0 aromatic carbocycles. The summed E-state index contributed by atoms with van der Waals surface area (Å²) in [4.78, 5) is 32.0. The lowest BCUT2D eigenvalue weighted by Gasteiger charge is -2.34. The van der Waals surface area contributed by atoms with Crippen molar-refractivity contribution in [1.29, 1.82) is 0 Å². The van der Waals surface area contributed by atoms with Gasteiger partial charge in [-0.3, -0.25) is 14.6 Å². The molecule has 8 heteroatoms. The highest BCUT2D eigenvalue weighted by Crippen LogP contribution is 2.36. The van der Waals surface area contributed by atoms with E-state index in [-0.39, 0.29) is 24.4 Å². The highest BCUT2D eigenvalue weighted by molar-refractivity contribution is 5.76. The predicted octanol–water partition coefficient (Wildman–Crippen LogP) is 1.47. The van der Waals surface area contributed by atoms with E-state index in [1.165, 1.54) is 17.3 Å². The summed E-state index contributed by atoms with van der Waals surface area (Å²) < 4.78 is 1.51. The van der Waals surface area contributed by atoms with Crippen molar-refractivity contribution >= 4 is 11.8 Å². The summed E-state index contributed by atoms with van der Waals surface area (Å²) in [6, 6.07) is 5.66. The molecule has 3 rings (SSSR count). The van der Waals surface area contributed by atoms with Gasteiger partial charge in [0, 0.05) is 19.7 Å². The van der Waals surface area contributed by atoms with Crippen LogP contribution in [0.4, 0.5) is 0 Å². The van der Waals surface area contributed by atoms with Crippen LogP contribution in [-0.4, -0.2) is 38.1 Å². The Morgan fingerprint density at radius 2 is 2.07 bits per heavy atom. The molecular weight excluding hydrogens is 344 g/mol. The van der Waals surface area contributed by atoms with Crippen LogP contribution in [0.2, 0.25) is 0 Å². The number of carbonyl (C=O) groups excluding carboxylic acids is 2. The average molecular weight is 370 g/mol. The SMILES string of the molecule is CC(=O)NCC1CCC(C(NC(=O)Cn2cncn2)c2ccccn2)CC1. The van der Waals surface area contributed by atoms with Crippen molar-refractivity contribution in [2.75, 3.05) is 6.54 Å². The van der Waals surface area contributed by atoms with Crippen LogP contribution in [0.5, 0.6) is 0 Å². The molecular formula is C19H26N6O2. The molecule has 2 heterocycles. The summed E-state index contributed by atoms with van der Waals surface area (Å²) in [6.45, 7) is 2.42. The van der Waals surface area contributed by atoms with Crippen LogP contribution in [0.1, 0.15) is 44.3 Å².